The molecule has 2 aromatic heterocycles. The summed E-state index contributed by atoms with van der Waals surface area (Å²) in [5.41, 5.74) is 1.71. The molecule has 0 saturated carbocycles. The Balaban J connectivity index is 1.32. The highest BCUT2D eigenvalue weighted by molar-refractivity contribution is 5.68. The third kappa shape index (κ3) is 3.07. The number of piperidine rings is 1. The van der Waals surface area contributed by atoms with Gasteiger partial charge in [-0.3, -0.25) is 0 Å². The molecular weight excluding hydrogens is 363 g/mol. The lowest BCUT2D eigenvalue weighted by atomic mass is 10.0. The fourth-order valence-electron chi connectivity index (χ4n) is 3.98. The van der Waals surface area contributed by atoms with Crippen molar-refractivity contribution in [1.82, 2.24) is 30.5 Å². The van der Waals surface area contributed by atoms with E-state index in [0.717, 1.165) is 12.8 Å². The summed E-state index contributed by atoms with van der Waals surface area (Å²) in [5, 5.41) is 29.5. The minimum Gasteiger partial charge on any atom is -0.507 e. The Morgan fingerprint density at radius 2 is 2.11 bits per heavy atom. The van der Waals surface area contributed by atoms with Crippen LogP contribution in [0.1, 0.15) is 19.3 Å². The van der Waals surface area contributed by atoms with Crippen LogP contribution in [0.5, 0.6) is 11.6 Å². The molecular formula is C19H19FN6O2. The molecule has 0 spiro atoms. The maximum absolute atomic E-state index is 14.5. The number of phenolic OH excluding ortho intramolecular Hbond substituents is 1. The third-order valence-electron chi connectivity index (χ3n) is 5.39. The predicted octanol–water partition coefficient (Wildman–Crippen LogP) is 2.04. The van der Waals surface area contributed by atoms with Crippen molar-refractivity contribution in [2.75, 3.05) is 0 Å². The van der Waals surface area contributed by atoms with Gasteiger partial charge in [0.15, 0.2) is 6.17 Å². The number of hydrogen-bond donors (Lipinski definition) is 2. The number of alkyl halides is 1. The smallest absolute Gasteiger partial charge is 0.233 e. The van der Waals surface area contributed by atoms with Crippen molar-refractivity contribution in [2.45, 2.75) is 43.6 Å². The van der Waals surface area contributed by atoms with Gasteiger partial charge in [0.05, 0.1) is 23.8 Å². The summed E-state index contributed by atoms with van der Waals surface area (Å²) in [6, 6.07) is 8.66. The highest BCUT2D eigenvalue weighted by atomic mass is 19.1. The molecule has 0 amide bonds. The van der Waals surface area contributed by atoms with E-state index in [1.54, 1.807) is 47.4 Å². The molecule has 1 aromatic carbocycles. The Hall–Kier alpha value is -3.07. The number of aromatic hydroxyl groups is 1. The minimum absolute atomic E-state index is 0.0507. The average Bonchev–Trinajstić information content (AvgIpc) is 3.37. The SMILES string of the molecule is Oc1cc(-n2ccnn2)ccc1-c1ccc(O[C@H]2CC3CCC(N3)[C@@H]2F)nn1. The second-order valence-electron chi connectivity index (χ2n) is 7.19. The van der Waals surface area contributed by atoms with Gasteiger partial charge in [-0.2, -0.15) is 0 Å². The van der Waals surface area contributed by atoms with Crippen LogP contribution < -0.4 is 10.1 Å². The molecule has 2 saturated heterocycles. The molecule has 2 bridgehead atoms. The normalized spacial score (nSPS) is 26.3. The van der Waals surface area contributed by atoms with Crippen LogP contribution in [-0.4, -0.2) is 54.7 Å². The maximum atomic E-state index is 14.5. The van der Waals surface area contributed by atoms with Crippen molar-refractivity contribution in [2.24, 2.45) is 0 Å². The second kappa shape index (κ2) is 6.83. The van der Waals surface area contributed by atoms with Crippen LogP contribution in [-0.2, 0) is 0 Å². The van der Waals surface area contributed by atoms with E-state index in [1.165, 1.54) is 0 Å². The lowest BCUT2D eigenvalue weighted by Gasteiger charge is -2.32. The molecule has 3 aromatic rings. The number of halogens is 1. The molecule has 0 radical (unpaired) electrons. The van der Waals surface area contributed by atoms with Gasteiger partial charge in [0.2, 0.25) is 5.88 Å². The molecule has 2 fully saturated rings. The van der Waals surface area contributed by atoms with Gasteiger partial charge in [-0.1, -0.05) is 5.21 Å². The highest BCUT2D eigenvalue weighted by Crippen LogP contribution is 2.33. The number of rotatable bonds is 4. The monoisotopic (exact) mass is 382 g/mol. The van der Waals surface area contributed by atoms with Crippen molar-refractivity contribution >= 4 is 0 Å². The van der Waals surface area contributed by atoms with Crippen molar-refractivity contribution in [3.63, 3.8) is 0 Å². The van der Waals surface area contributed by atoms with E-state index < -0.39 is 12.3 Å². The number of benzene rings is 1. The molecule has 28 heavy (non-hydrogen) atoms. The number of phenols is 1. The first-order valence-corrected chi connectivity index (χ1v) is 9.28. The zero-order valence-corrected chi connectivity index (χ0v) is 14.9. The summed E-state index contributed by atoms with van der Waals surface area (Å²) in [6.07, 6.45) is 4.16. The largest absolute Gasteiger partial charge is 0.507 e. The molecule has 4 atom stereocenters. The van der Waals surface area contributed by atoms with E-state index in [9.17, 15) is 9.50 Å². The predicted molar refractivity (Wildman–Crippen MR) is 97.9 cm³/mol. The van der Waals surface area contributed by atoms with Gasteiger partial charge in [0.1, 0.15) is 11.9 Å². The van der Waals surface area contributed by atoms with Crippen molar-refractivity contribution in [3.8, 4) is 28.6 Å². The third-order valence-corrected chi connectivity index (χ3v) is 5.39. The number of aromatic nitrogens is 5. The Morgan fingerprint density at radius 1 is 1.18 bits per heavy atom. The van der Waals surface area contributed by atoms with E-state index in [-0.39, 0.29) is 17.7 Å². The summed E-state index contributed by atoms with van der Waals surface area (Å²) in [7, 11) is 0. The Bertz CT molecular complexity index is 965. The molecule has 0 aliphatic carbocycles. The van der Waals surface area contributed by atoms with Crippen LogP contribution in [0.2, 0.25) is 0 Å². The first kappa shape index (κ1) is 17.1. The number of hydrogen-bond acceptors (Lipinski definition) is 7. The van der Waals surface area contributed by atoms with E-state index in [0.29, 0.717) is 29.4 Å². The van der Waals surface area contributed by atoms with Crippen LogP contribution in [0.25, 0.3) is 16.9 Å². The quantitative estimate of drug-likeness (QED) is 0.712. The lowest BCUT2D eigenvalue weighted by molar-refractivity contribution is 0.0422. The summed E-state index contributed by atoms with van der Waals surface area (Å²) < 4.78 is 21.8. The summed E-state index contributed by atoms with van der Waals surface area (Å²) in [6.45, 7) is 0. The Labute approximate surface area is 160 Å². The van der Waals surface area contributed by atoms with Gasteiger partial charge in [0, 0.05) is 36.2 Å². The number of nitrogens with one attached hydrogen (secondary N) is 1. The Morgan fingerprint density at radius 3 is 2.86 bits per heavy atom. The minimum atomic E-state index is -1.05. The number of nitrogens with zero attached hydrogens (tertiary/aromatic N) is 5. The van der Waals surface area contributed by atoms with E-state index in [2.05, 4.69) is 25.8 Å². The fraction of sp³-hybridized carbons (Fsp3) is 0.368. The summed E-state index contributed by atoms with van der Waals surface area (Å²) >= 11 is 0. The molecule has 9 heteroatoms. The van der Waals surface area contributed by atoms with E-state index in [4.69, 9.17) is 4.74 Å². The van der Waals surface area contributed by atoms with Gasteiger partial charge >= 0.3 is 0 Å². The molecule has 2 unspecified atom stereocenters. The molecule has 8 nitrogen and oxygen atoms in total. The average molecular weight is 382 g/mol. The van der Waals surface area contributed by atoms with Gasteiger partial charge in [-0.15, -0.1) is 15.3 Å². The van der Waals surface area contributed by atoms with Gasteiger partial charge in [0.25, 0.3) is 0 Å². The molecule has 5 rings (SSSR count). The van der Waals surface area contributed by atoms with Crippen LogP contribution in [0, 0.1) is 0 Å². The first-order valence-electron chi connectivity index (χ1n) is 9.28. The lowest BCUT2D eigenvalue weighted by Crippen LogP contribution is -2.51. The maximum Gasteiger partial charge on any atom is 0.233 e. The van der Waals surface area contributed by atoms with Crippen molar-refractivity contribution < 1.29 is 14.2 Å². The summed E-state index contributed by atoms with van der Waals surface area (Å²) in [5.74, 6) is 0.339. The van der Waals surface area contributed by atoms with Crippen LogP contribution >= 0.6 is 0 Å². The van der Waals surface area contributed by atoms with Crippen molar-refractivity contribution in [3.05, 3.63) is 42.7 Å². The fourth-order valence-corrected chi connectivity index (χ4v) is 3.98. The second-order valence-corrected chi connectivity index (χ2v) is 7.19. The molecule has 2 aliphatic rings. The van der Waals surface area contributed by atoms with Crippen molar-refractivity contribution in [1.29, 1.82) is 0 Å². The van der Waals surface area contributed by atoms with Crippen LogP contribution in [0.15, 0.2) is 42.7 Å². The highest BCUT2D eigenvalue weighted by Gasteiger charge is 2.43. The van der Waals surface area contributed by atoms with E-state index in [1.807, 2.05) is 0 Å². The van der Waals surface area contributed by atoms with Gasteiger partial charge in [-0.05, 0) is 31.0 Å². The first-order chi connectivity index (χ1) is 13.7. The van der Waals surface area contributed by atoms with Crippen LogP contribution in [0.3, 0.4) is 0 Å². The van der Waals surface area contributed by atoms with E-state index >= 15 is 0 Å². The topological polar surface area (TPSA) is 98.0 Å². The molecule has 144 valence electrons. The Kier molecular flexibility index (Phi) is 4.16. The molecule has 2 aliphatic heterocycles. The van der Waals surface area contributed by atoms with Gasteiger partial charge in [-0.25, -0.2) is 9.07 Å². The number of fused-ring (bicyclic) bond motifs is 2. The zero-order chi connectivity index (χ0) is 19.1. The van der Waals surface area contributed by atoms with Crippen LogP contribution in [0.4, 0.5) is 4.39 Å². The standard InChI is InChI=1S/C19H19FN6O2/c20-19-15-4-1-11(22-15)9-17(19)28-18-6-5-14(23-24-18)13-3-2-12(10-16(13)27)26-8-7-21-25-26/h2-3,5-8,10-11,15,17,19,22,27H,1,4,9H2/t11?,15?,17-,19-/m0/s1. The molecule has 2 N–H and O–H groups in total. The summed E-state index contributed by atoms with van der Waals surface area (Å²) in [4.78, 5) is 0. The zero-order valence-electron chi connectivity index (χ0n) is 14.9. The molecule has 4 heterocycles. The van der Waals surface area contributed by atoms with Gasteiger partial charge < -0.3 is 15.2 Å². The number of ether oxygens (including phenoxy) is 1.